The molecule has 130 valence electrons. The van der Waals surface area contributed by atoms with Crippen LogP contribution in [0.5, 0.6) is 0 Å². The third-order valence-electron chi connectivity index (χ3n) is 4.80. The van der Waals surface area contributed by atoms with Gasteiger partial charge in [0.2, 0.25) is 0 Å². The quantitative estimate of drug-likeness (QED) is 0.793. The molecule has 2 aromatic heterocycles. The van der Waals surface area contributed by atoms with Crippen LogP contribution in [0.15, 0.2) is 51.7 Å². The molecule has 5 heteroatoms. The maximum atomic E-state index is 12.5. The molecule has 1 atom stereocenters. The van der Waals surface area contributed by atoms with E-state index in [9.17, 15) is 4.79 Å². The van der Waals surface area contributed by atoms with E-state index in [4.69, 9.17) is 9.15 Å². The van der Waals surface area contributed by atoms with Crippen LogP contribution in [0, 0.1) is 0 Å². The predicted octanol–water partition coefficient (Wildman–Crippen LogP) is 3.26. The third kappa shape index (κ3) is 3.25. The van der Waals surface area contributed by atoms with E-state index in [1.54, 1.807) is 0 Å². The second kappa shape index (κ2) is 6.86. The second-order valence-corrected chi connectivity index (χ2v) is 6.43. The Kier molecular flexibility index (Phi) is 4.42. The van der Waals surface area contributed by atoms with Gasteiger partial charge in [-0.25, -0.2) is 0 Å². The Balaban J connectivity index is 1.63. The van der Waals surface area contributed by atoms with E-state index >= 15 is 0 Å². The topological polar surface area (TPSA) is 58.5 Å². The molecule has 4 rings (SSSR count). The minimum absolute atomic E-state index is 0.0300. The fraction of sp³-hybridized carbons (Fsp3) is 0.350. The van der Waals surface area contributed by atoms with Crippen molar-refractivity contribution in [3.05, 3.63) is 69.9 Å². The van der Waals surface area contributed by atoms with Gasteiger partial charge in [0.1, 0.15) is 11.5 Å². The van der Waals surface area contributed by atoms with Crippen LogP contribution in [-0.2, 0) is 17.7 Å². The summed E-state index contributed by atoms with van der Waals surface area (Å²) in [5, 5.41) is 1.05. The zero-order valence-electron chi connectivity index (χ0n) is 14.3. The number of aromatic nitrogens is 1. The van der Waals surface area contributed by atoms with Crippen molar-refractivity contribution in [3.63, 3.8) is 0 Å². The normalized spacial score (nSPS) is 18.7. The van der Waals surface area contributed by atoms with Crippen LogP contribution >= 0.6 is 0 Å². The second-order valence-electron chi connectivity index (χ2n) is 6.43. The number of para-hydroxylation sites is 1. The van der Waals surface area contributed by atoms with E-state index in [1.807, 2.05) is 42.5 Å². The molecule has 25 heavy (non-hydrogen) atoms. The van der Waals surface area contributed by atoms with Crippen LogP contribution in [0.4, 0.5) is 0 Å². The SMILES string of the molecule is CCc1ccc(C2COCCN2Cc2cc3ccccc3[nH]c2=O)o1. The molecule has 1 aromatic carbocycles. The van der Waals surface area contributed by atoms with Crippen molar-refractivity contribution in [2.75, 3.05) is 19.8 Å². The van der Waals surface area contributed by atoms with E-state index in [-0.39, 0.29) is 11.6 Å². The van der Waals surface area contributed by atoms with Crippen LogP contribution in [0.25, 0.3) is 10.9 Å². The number of nitrogens with zero attached hydrogens (tertiary/aromatic N) is 1. The number of benzene rings is 1. The Morgan fingerprint density at radius 2 is 2.12 bits per heavy atom. The molecule has 1 N–H and O–H groups in total. The monoisotopic (exact) mass is 338 g/mol. The summed E-state index contributed by atoms with van der Waals surface area (Å²) in [5.41, 5.74) is 1.61. The molecule has 3 heterocycles. The smallest absolute Gasteiger partial charge is 0.252 e. The highest BCUT2D eigenvalue weighted by Gasteiger charge is 2.28. The standard InChI is InChI=1S/C20H22N2O3/c1-2-16-7-8-19(25-16)18-13-24-10-9-22(18)12-15-11-14-5-3-4-6-17(14)21-20(15)23/h3-8,11,18H,2,9-10,12-13H2,1H3,(H,21,23). The van der Waals surface area contributed by atoms with Crippen molar-refractivity contribution in [2.45, 2.75) is 25.9 Å². The molecular formula is C20H22N2O3. The van der Waals surface area contributed by atoms with Gasteiger partial charge >= 0.3 is 0 Å². The van der Waals surface area contributed by atoms with Gasteiger partial charge in [0.25, 0.3) is 5.56 Å². The summed E-state index contributed by atoms with van der Waals surface area (Å²) < 4.78 is 11.6. The van der Waals surface area contributed by atoms with Crippen LogP contribution in [0.3, 0.4) is 0 Å². The number of ether oxygens (including phenoxy) is 1. The first kappa shape index (κ1) is 16.1. The number of nitrogens with one attached hydrogen (secondary N) is 1. The number of H-pyrrole nitrogens is 1. The van der Waals surface area contributed by atoms with Gasteiger partial charge in [0, 0.05) is 30.6 Å². The van der Waals surface area contributed by atoms with Crippen LogP contribution in [-0.4, -0.2) is 29.6 Å². The first-order chi connectivity index (χ1) is 12.2. The van der Waals surface area contributed by atoms with Crippen molar-refractivity contribution in [3.8, 4) is 0 Å². The molecule has 0 spiro atoms. The average Bonchev–Trinajstić information content (AvgIpc) is 3.12. The molecule has 0 aliphatic carbocycles. The van der Waals surface area contributed by atoms with Gasteiger partial charge in [-0.1, -0.05) is 25.1 Å². The van der Waals surface area contributed by atoms with E-state index < -0.39 is 0 Å². The lowest BCUT2D eigenvalue weighted by atomic mass is 10.1. The molecular weight excluding hydrogens is 316 g/mol. The molecule has 0 radical (unpaired) electrons. The van der Waals surface area contributed by atoms with Gasteiger partial charge in [-0.2, -0.15) is 0 Å². The number of fused-ring (bicyclic) bond motifs is 1. The number of hydrogen-bond donors (Lipinski definition) is 1. The lowest BCUT2D eigenvalue weighted by Crippen LogP contribution is -2.40. The number of rotatable bonds is 4. The van der Waals surface area contributed by atoms with Crippen molar-refractivity contribution in [1.29, 1.82) is 0 Å². The fourth-order valence-electron chi connectivity index (χ4n) is 3.38. The molecule has 3 aromatic rings. The third-order valence-corrected chi connectivity index (χ3v) is 4.80. The highest BCUT2D eigenvalue weighted by molar-refractivity contribution is 5.78. The highest BCUT2D eigenvalue weighted by atomic mass is 16.5. The van der Waals surface area contributed by atoms with Crippen molar-refractivity contribution in [1.82, 2.24) is 9.88 Å². The van der Waals surface area contributed by atoms with Gasteiger partial charge in [-0.3, -0.25) is 9.69 Å². The van der Waals surface area contributed by atoms with Crippen molar-refractivity contribution in [2.24, 2.45) is 0 Å². The summed E-state index contributed by atoms with van der Waals surface area (Å²) in [6, 6.07) is 13.9. The van der Waals surface area contributed by atoms with Crippen molar-refractivity contribution < 1.29 is 9.15 Å². The Morgan fingerprint density at radius 3 is 2.96 bits per heavy atom. The maximum Gasteiger partial charge on any atom is 0.252 e. The largest absolute Gasteiger partial charge is 0.464 e. The number of morpholine rings is 1. The molecule has 1 fully saturated rings. The lowest BCUT2D eigenvalue weighted by Gasteiger charge is -2.34. The Hall–Kier alpha value is -2.37. The molecule has 1 saturated heterocycles. The summed E-state index contributed by atoms with van der Waals surface area (Å²) in [6.45, 7) is 4.69. The summed E-state index contributed by atoms with van der Waals surface area (Å²) in [4.78, 5) is 17.7. The molecule has 0 amide bonds. The summed E-state index contributed by atoms with van der Waals surface area (Å²) in [5.74, 6) is 1.89. The first-order valence-corrected chi connectivity index (χ1v) is 8.76. The number of pyridine rings is 1. The maximum absolute atomic E-state index is 12.5. The Morgan fingerprint density at radius 1 is 1.24 bits per heavy atom. The Labute approximate surface area is 146 Å². The number of aryl methyl sites for hydroxylation is 1. The number of hydrogen-bond acceptors (Lipinski definition) is 4. The minimum atomic E-state index is -0.0300. The van der Waals surface area contributed by atoms with Gasteiger partial charge < -0.3 is 14.1 Å². The van der Waals surface area contributed by atoms with Gasteiger partial charge in [0.05, 0.1) is 19.3 Å². The van der Waals surface area contributed by atoms with E-state index in [0.717, 1.165) is 41.0 Å². The van der Waals surface area contributed by atoms with Crippen LogP contribution < -0.4 is 5.56 Å². The molecule has 1 unspecified atom stereocenters. The fourth-order valence-corrected chi connectivity index (χ4v) is 3.38. The molecule has 1 aliphatic rings. The van der Waals surface area contributed by atoms with E-state index in [0.29, 0.717) is 19.8 Å². The van der Waals surface area contributed by atoms with Gasteiger partial charge in [0.15, 0.2) is 0 Å². The van der Waals surface area contributed by atoms with Crippen LogP contribution in [0.2, 0.25) is 0 Å². The highest BCUT2D eigenvalue weighted by Crippen LogP contribution is 2.27. The summed E-state index contributed by atoms with van der Waals surface area (Å²) >= 11 is 0. The Bertz CT molecular complexity index is 928. The average molecular weight is 338 g/mol. The zero-order valence-corrected chi connectivity index (χ0v) is 14.3. The van der Waals surface area contributed by atoms with Crippen molar-refractivity contribution >= 4 is 10.9 Å². The lowest BCUT2D eigenvalue weighted by molar-refractivity contribution is -0.0207. The number of furan rings is 1. The molecule has 1 aliphatic heterocycles. The van der Waals surface area contributed by atoms with E-state index in [2.05, 4.69) is 16.8 Å². The van der Waals surface area contributed by atoms with E-state index in [1.165, 1.54) is 0 Å². The zero-order chi connectivity index (χ0) is 17.2. The first-order valence-electron chi connectivity index (χ1n) is 8.76. The summed E-state index contributed by atoms with van der Waals surface area (Å²) in [6.07, 6.45) is 0.873. The molecule has 0 saturated carbocycles. The molecule has 0 bridgehead atoms. The number of aromatic amines is 1. The van der Waals surface area contributed by atoms with Gasteiger partial charge in [-0.15, -0.1) is 0 Å². The predicted molar refractivity (Wildman–Crippen MR) is 96.6 cm³/mol. The van der Waals surface area contributed by atoms with Crippen LogP contribution in [0.1, 0.15) is 30.0 Å². The molecule has 5 nitrogen and oxygen atoms in total. The minimum Gasteiger partial charge on any atom is -0.464 e. The summed E-state index contributed by atoms with van der Waals surface area (Å²) in [7, 11) is 0. The van der Waals surface area contributed by atoms with Gasteiger partial charge in [-0.05, 0) is 29.7 Å².